The molecule has 1 aliphatic carbocycles. The number of piperidine rings is 1. The lowest BCUT2D eigenvalue weighted by Gasteiger charge is -2.61. The number of nitrogens with zero attached hydrogens (tertiary/aromatic N) is 9. The number of terminal acetylenes is 1. The van der Waals surface area contributed by atoms with Crippen LogP contribution in [0.15, 0.2) is 67.0 Å². The third kappa shape index (κ3) is 10.6. The van der Waals surface area contributed by atoms with Gasteiger partial charge >= 0.3 is 12.0 Å². The van der Waals surface area contributed by atoms with Gasteiger partial charge in [-0.05, 0) is 111 Å². The van der Waals surface area contributed by atoms with E-state index in [1.54, 1.807) is 29.2 Å². The summed E-state index contributed by atoms with van der Waals surface area (Å²) in [5.74, 6) is 2.06. The number of phenols is 1. The molecule has 5 fully saturated rings. The summed E-state index contributed by atoms with van der Waals surface area (Å²) in [4.78, 5) is 78.1. The molecule has 1 saturated carbocycles. The Morgan fingerprint density at radius 3 is 2.44 bits per heavy atom. The van der Waals surface area contributed by atoms with Crippen LogP contribution in [-0.2, 0) is 27.3 Å². The van der Waals surface area contributed by atoms with Crippen molar-refractivity contribution in [1.82, 2.24) is 60.7 Å². The molecule has 5 atom stereocenters. The molecule has 11 rings (SSSR count). The van der Waals surface area contributed by atoms with Crippen LogP contribution in [0.3, 0.4) is 0 Å². The van der Waals surface area contributed by atoms with Gasteiger partial charge in [-0.3, -0.25) is 19.3 Å². The fourth-order valence-electron chi connectivity index (χ4n) is 13.1. The molecule has 4 amide bonds. The van der Waals surface area contributed by atoms with E-state index in [4.69, 9.17) is 16.4 Å². The van der Waals surface area contributed by atoms with Gasteiger partial charge in [-0.1, -0.05) is 44.0 Å². The first-order chi connectivity index (χ1) is 37.5. The molecule has 6 aliphatic rings. The molecule has 20 heteroatoms. The third-order valence-electron chi connectivity index (χ3n) is 17.8. The Kier molecular flexibility index (Phi) is 14.6. The normalized spacial score (nSPS) is 23.3. The molecule has 20 nitrogen and oxygen atoms in total. The fourth-order valence-corrected chi connectivity index (χ4v) is 13.1. The summed E-state index contributed by atoms with van der Waals surface area (Å²) in [5, 5.41) is 50.1. The first kappa shape index (κ1) is 52.9. The first-order valence-corrected chi connectivity index (χ1v) is 27.6. The van der Waals surface area contributed by atoms with Crippen molar-refractivity contribution in [2.24, 2.45) is 10.8 Å². The number of aromatic amines is 1. The molecule has 5 aliphatic heterocycles. The zero-order chi connectivity index (χ0) is 54.5. The molecular formula is C58H71N13O7. The number of hydrogen-bond donors (Lipinski definition) is 7. The number of aliphatic hydroxyl groups excluding tert-OH is 1. The number of aromatic nitrogens is 5. The molecule has 7 N–H and O–H groups in total. The number of benzene rings is 2. The number of rotatable bonds is 14. The second-order valence-corrected chi connectivity index (χ2v) is 23.4. The number of amides is 4. The van der Waals surface area contributed by atoms with Crippen LogP contribution in [0.4, 0.5) is 10.7 Å². The van der Waals surface area contributed by atoms with Crippen molar-refractivity contribution in [1.29, 1.82) is 0 Å². The van der Waals surface area contributed by atoms with Crippen LogP contribution in [0.1, 0.15) is 99.2 Å². The Labute approximate surface area is 454 Å². The van der Waals surface area contributed by atoms with Crippen molar-refractivity contribution < 1.29 is 34.5 Å². The summed E-state index contributed by atoms with van der Waals surface area (Å²) in [6, 6.07) is 13.9. The molecule has 4 saturated heterocycles. The fraction of sp³-hybridized carbons (Fsp3) is 0.517. The maximum Gasteiger partial charge on any atom is 0.322 e. The van der Waals surface area contributed by atoms with E-state index in [1.807, 2.05) is 56.6 Å². The highest BCUT2D eigenvalue weighted by Gasteiger charge is 2.56. The third-order valence-corrected chi connectivity index (χ3v) is 17.8. The van der Waals surface area contributed by atoms with Gasteiger partial charge in [0.05, 0.1) is 17.8 Å². The van der Waals surface area contributed by atoms with Crippen LogP contribution in [0.2, 0.25) is 0 Å². The smallest absolute Gasteiger partial charge is 0.322 e. The molecule has 410 valence electrons. The molecular weight excluding hydrogens is 991 g/mol. The SMILES string of the molecule is C#Cc1ccc(CNC(=O)[C@@H]2C[C@@H](O)CN2C(=O)[C@@H](NC(=O)N2CC3(CC(N4CCC(c5cnc(N6CCc7[nH]c8nnc(-c9ccccc9O)cc8c7[C@H]6C)nc5)CC4)C3)C2)C(C)(C)CCN2CCN[C@H](C(=O)O)C2)cc1. The van der Waals surface area contributed by atoms with Crippen LogP contribution < -0.4 is 20.9 Å². The minimum atomic E-state index is -1.03. The topological polar surface area (TPSA) is 249 Å². The highest BCUT2D eigenvalue weighted by Crippen LogP contribution is 2.51. The molecule has 2 aromatic carbocycles. The van der Waals surface area contributed by atoms with Crippen LogP contribution in [0, 0.1) is 23.2 Å². The number of β-amino-alcohol motifs (C(OH)–C–C–N with tert-alkyl or cyclic N) is 1. The number of carboxylic acids is 1. The lowest BCUT2D eigenvalue weighted by molar-refractivity contribution is -0.142. The summed E-state index contributed by atoms with van der Waals surface area (Å²) in [6.07, 6.45) is 13.9. The monoisotopic (exact) mass is 1060 g/mol. The summed E-state index contributed by atoms with van der Waals surface area (Å²) in [6.45, 7) is 12.1. The summed E-state index contributed by atoms with van der Waals surface area (Å²) >= 11 is 0. The number of aliphatic carboxylic acids is 1. The Morgan fingerprint density at radius 2 is 1.72 bits per heavy atom. The highest BCUT2D eigenvalue weighted by atomic mass is 16.4. The van der Waals surface area contributed by atoms with Gasteiger partial charge in [0, 0.05) is 117 Å². The van der Waals surface area contributed by atoms with Crippen molar-refractivity contribution in [3.63, 3.8) is 0 Å². The number of aromatic hydroxyl groups is 1. The van der Waals surface area contributed by atoms with E-state index in [0.717, 1.165) is 90.7 Å². The van der Waals surface area contributed by atoms with E-state index in [2.05, 4.69) is 58.7 Å². The van der Waals surface area contributed by atoms with Crippen molar-refractivity contribution >= 4 is 40.8 Å². The Morgan fingerprint density at radius 1 is 0.974 bits per heavy atom. The predicted molar refractivity (Wildman–Crippen MR) is 292 cm³/mol. The van der Waals surface area contributed by atoms with Gasteiger partial charge in [0.2, 0.25) is 17.8 Å². The number of carboxylic acid groups (broad SMARTS) is 1. The standard InChI is InChI=1S/C58H71N13O7/c1-5-36-10-12-37(13-11-36)28-60-52(74)47-24-41(72)31-71(47)53(75)50(57(3,4)17-22-67-23-18-59-46(32-67)54(76)77)64-56(78)69-33-58(34-69)26-40(27-58)68-19-14-38(15-20-68)39-29-61-55(62-30-39)70-21-16-44-49(35(70)2)43-25-45(65-66-51(43)63-44)42-8-6-7-9-48(42)73/h1,6-13,25,29-30,35,38,40-41,46-47,50,59,72-73H,14-24,26-28,31-34H2,2-4H3,(H,60,74)(H,63,66)(H,64,78)(H,76,77)/t35-,41-,46+,47+,50-/m1/s1. The Hall–Kier alpha value is -7.18. The van der Waals surface area contributed by atoms with Gasteiger partial charge in [0.25, 0.3) is 0 Å². The number of hydrogen-bond acceptors (Lipinski definition) is 14. The predicted octanol–water partition coefficient (Wildman–Crippen LogP) is 4.00. The average molecular weight is 1060 g/mol. The minimum absolute atomic E-state index is 0.00828. The van der Waals surface area contributed by atoms with E-state index in [1.165, 1.54) is 4.90 Å². The van der Waals surface area contributed by atoms with Crippen molar-refractivity contribution in [2.75, 3.05) is 70.3 Å². The summed E-state index contributed by atoms with van der Waals surface area (Å²) in [5.41, 5.74) is 6.19. The maximum atomic E-state index is 14.8. The van der Waals surface area contributed by atoms with Gasteiger partial charge < -0.3 is 55.9 Å². The minimum Gasteiger partial charge on any atom is -0.507 e. The average Bonchev–Trinajstić information content (AvgIpc) is 4.15. The molecule has 0 radical (unpaired) electrons. The number of phenolic OH excluding ortho intramolecular Hbond substituents is 1. The zero-order valence-electron chi connectivity index (χ0n) is 44.7. The van der Waals surface area contributed by atoms with Crippen LogP contribution >= 0.6 is 0 Å². The number of anilines is 1. The Bertz CT molecular complexity index is 3080. The number of H-pyrrole nitrogens is 1. The van der Waals surface area contributed by atoms with Crippen LogP contribution in [-0.4, -0.2) is 180 Å². The Balaban J connectivity index is 0.684. The van der Waals surface area contributed by atoms with Gasteiger partial charge in [-0.25, -0.2) is 14.8 Å². The molecule has 0 bridgehead atoms. The molecule has 3 aromatic heterocycles. The number of likely N-dealkylation sites (tertiary alicyclic amines) is 3. The number of carbonyl (C=O) groups is 4. The van der Waals surface area contributed by atoms with E-state index in [0.29, 0.717) is 74.9 Å². The number of nitrogens with one attached hydrogen (secondary N) is 4. The summed E-state index contributed by atoms with van der Waals surface area (Å²) in [7, 11) is 0. The second kappa shape index (κ2) is 21.6. The van der Waals surface area contributed by atoms with Crippen molar-refractivity contribution in [3.05, 3.63) is 94.9 Å². The van der Waals surface area contributed by atoms with Crippen molar-refractivity contribution in [2.45, 2.75) is 114 Å². The number of piperazine rings is 1. The molecule has 0 unspecified atom stereocenters. The lowest BCUT2D eigenvalue weighted by Crippen LogP contribution is -2.70. The number of fused-ring (bicyclic) bond motifs is 3. The second-order valence-electron chi connectivity index (χ2n) is 23.4. The zero-order valence-corrected chi connectivity index (χ0v) is 44.7. The molecule has 8 heterocycles. The van der Waals surface area contributed by atoms with E-state index < -0.39 is 47.4 Å². The number of aliphatic hydroxyl groups is 1. The highest BCUT2D eigenvalue weighted by molar-refractivity contribution is 5.93. The number of para-hydroxylation sites is 1. The quantitative estimate of drug-likeness (QED) is 0.0777. The summed E-state index contributed by atoms with van der Waals surface area (Å²) < 4.78 is 0. The van der Waals surface area contributed by atoms with Gasteiger partial charge in [0.15, 0.2) is 5.65 Å². The molecule has 5 aromatic rings. The van der Waals surface area contributed by atoms with Gasteiger partial charge in [-0.15, -0.1) is 16.6 Å². The molecule has 78 heavy (non-hydrogen) atoms. The number of urea groups is 1. The van der Waals surface area contributed by atoms with Crippen LogP contribution in [0.25, 0.3) is 22.3 Å². The number of carbonyl (C=O) groups excluding carboxylic acids is 3. The first-order valence-electron chi connectivity index (χ1n) is 27.6. The van der Waals surface area contributed by atoms with Crippen LogP contribution in [0.5, 0.6) is 5.75 Å². The lowest BCUT2D eigenvalue weighted by atomic mass is 9.60. The van der Waals surface area contributed by atoms with Gasteiger partial charge in [0.1, 0.15) is 23.9 Å². The van der Waals surface area contributed by atoms with Crippen molar-refractivity contribution in [3.8, 4) is 29.4 Å². The van der Waals surface area contributed by atoms with E-state index in [9.17, 15) is 34.5 Å². The largest absolute Gasteiger partial charge is 0.507 e. The molecule has 1 spiro atoms. The maximum absolute atomic E-state index is 14.8. The van der Waals surface area contributed by atoms with E-state index in [-0.39, 0.29) is 42.7 Å². The van der Waals surface area contributed by atoms with Gasteiger partial charge in [-0.2, -0.15) is 0 Å². The van der Waals surface area contributed by atoms with E-state index >= 15 is 0 Å².